The molecule has 1 aromatic rings. The van der Waals surface area contributed by atoms with Gasteiger partial charge < -0.3 is 5.73 Å². The zero-order valence-electron chi connectivity index (χ0n) is 6.95. The second-order valence-corrected chi connectivity index (χ2v) is 2.87. The van der Waals surface area contributed by atoms with E-state index in [1.165, 1.54) is 23.7 Å². The molecule has 0 bridgehead atoms. The quantitative estimate of drug-likeness (QED) is 0.496. The molecule has 0 saturated heterocycles. The second kappa shape index (κ2) is 4.08. The van der Waals surface area contributed by atoms with Gasteiger partial charge in [0, 0.05) is 0 Å². The van der Waals surface area contributed by atoms with Crippen molar-refractivity contribution in [1.29, 1.82) is 0 Å². The summed E-state index contributed by atoms with van der Waals surface area (Å²) in [5.74, 6) is -1.66. The number of primary amides is 1. The van der Waals surface area contributed by atoms with Crippen molar-refractivity contribution in [1.82, 2.24) is 5.48 Å². The summed E-state index contributed by atoms with van der Waals surface area (Å²) in [6, 6.07) is 4.23. The Hall–Kier alpha value is -1.59. The van der Waals surface area contributed by atoms with Crippen LogP contribution in [0.3, 0.4) is 0 Å². The maximum absolute atomic E-state index is 11.1. The van der Waals surface area contributed by atoms with Crippen LogP contribution in [-0.2, 0) is 0 Å². The Kier molecular flexibility index (Phi) is 3.06. The van der Waals surface area contributed by atoms with Crippen molar-refractivity contribution in [2.24, 2.45) is 5.73 Å². The molecule has 0 radical (unpaired) electrons. The van der Waals surface area contributed by atoms with Crippen LogP contribution < -0.4 is 11.2 Å². The van der Waals surface area contributed by atoms with E-state index in [-0.39, 0.29) is 16.1 Å². The van der Waals surface area contributed by atoms with Crippen LogP contribution in [0.2, 0.25) is 5.02 Å². The number of nitrogens with two attached hydrogens (primary N) is 1. The first kappa shape index (κ1) is 10.5. The fourth-order valence-corrected chi connectivity index (χ4v) is 1.29. The molecule has 0 saturated carbocycles. The molecule has 6 heteroatoms. The molecule has 0 atom stereocenters. The molecule has 2 amide bonds. The smallest absolute Gasteiger partial charge is 0.275 e. The number of rotatable bonds is 2. The third-order valence-corrected chi connectivity index (χ3v) is 1.92. The van der Waals surface area contributed by atoms with Crippen LogP contribution in [0.15, 0.2) is 18.2 Å². The molecule has 0 spiro atoms. The molecule has 0 unspecified atom stereocenters. The lowest BCUT2D eigenvalue weighted by Crippen LogP contribution is -2.24. The lowest BCUT2D eigenvalue weighted by Gasteiger charge is -2.05. The van der Waals surface area contributed by atoms with Crippen molar-refractivity contribution in [3.8, 4) is 0 Å². The van der Waals surface area contributed by atoms with Gasteiger partial charge in [0.05, 0.1) is 16.1 Å². The van der Waals surface area contributed by atoms with E-state index >= 15 is 0 Å². The highest BCUT2D eigenvalue weighted by atomic mass is 35.5. The molecule has 74 valence electrons. The second-order valence-electron chi connectivity index (χ2n) is 2.47. The van der Waals surface area contributed by atoms with E-state index in [1.807, 2.05) is 0 Å². The Bertz CT molecular complexity index is 392. The van der Waals surface area contributed by atoms with Gasteiger partial charge in [0.1, 0.15) is 0 Å². The Balaban J connectivity index is 3.35. The highest BCUT2D eigenvalue weighted by molar-refractivity contribution is 6.34. The average molecular weight is 215 g/mol. The van der Waals surface area contributed by atoms with Crippen LogP contribution >= 0.6 is 11.6 Å². The van der Waals surface area contributed by atoms with Gasteiger partial charge >= 0.3 is 0 Å². The maximum Gasteiger partial charge on any atom is 0.275 e. The van der Waals surface area contributed by atoms with E-state index in [0.29, 0.717) is 0 Å². The molecule has 4 N–H and O–H groups in total. The molecule has 1 aromatic carbocycles. The molecular formula is C8H7ClN2O3. The SMILES string of the molecule is NC(=O)c1c(Cl)cccc1C(=O)NO. The van der Waals surface area contributed by atoms with Gasteiger partial charge in [0.25, 0.3) is 11.8 Å². The Morgan fingerprint density at radius 2 is 2.07 bits per heavy atom. The van der Waals surface area contributed by atoms with E-state index in [0.717, 1.165) is 0 Å². The van der Waals surface area contributed by atoms with Crippen molar-refractivity contribution in [2.45, 2.75) is 0 Å². The summed E-state index contributed by atoms with van der Waals surface area (Å²) in [6.45, 7) is 0. The van der Waals surface area contributed by atoms with Gasteiger partial charge in [-0.3, -0.25) is 14.8 Å². The third-order valence-electron chi connectivity index (χ3n) is 1.61. The van der Waals surface area contributed by atoms with Crippen LogP contribution in [0, 0.1) is 0 Å². The van der Waals surface area contributed by atoms with E-state index < -0.39 is 11.8 Å². The molecule has 0 heterocycles. The first-order valence-electron chi connectivity index (χ1n) is 3.60. The van der Waals surface area contributed by atoms with Gasteiger partial charge in [-0.25, -0.2) is 5.48 Å². The predicted octanol–water partition coefficient (Wildman–Crippen LogP) is 0.558. The van der Waals surface area contributed by atoms with Gasteiger partial charge in [-0.1, -0.05) is 17.7 Å². The van der Waals surface area contributed by atoms with Crippen molar-refractivity contribution in [3.63, 3.8) is 0 Å². The van der Waals surface area contributed by atoms with Crippen LogP contribution in [0.25, 0.3) is 0 Å². The molecule has 1 rings (SSSR count). The zero-order valence-corrected chi connectivity index (χ0v) is 7.71. The van der Waals surface area contributed by atoms with Crippen molar-refractivity contribution >= 4 is 23.4 Å². The normalized spacial score (nSPS) is 9.57. The minimum atomic E-state index is -0.832. The number of benzene rings is 1. The number of hydrogen-bond donors (Lipinski definition) is 3. The summed E-state index contributed by atoms with van der Waals surface area (Å²) >= 11 is 5.66. The summed E-state index contributed by atoms with van der Waals surface area (Å²) in [6.07, 6.45) is 0. The number of nitrogens with one attached hydrogen (secondary N) is 1. The van der Waals surface area contributed by atoms with Crippen molar-refractivity contribution < 1.29 is 14.8 Å². The summed E-state index contributed by atoms with van der Waals surface area (Å²) in [5.41, 5.74) is 6.25. The first-order chi connectivity index (χ1) is 6.57. The molecule has 0 aliphatic rings. The minimum absolute atomic E-state index is 0.0625. The van der Waals surface area contributed by atoms with E-state index in [4.69, 9.17) is 22.5 Å². The fourth-order valence-electron chi connectivity index (χ4n) is 1.02. The average Bonchev–Trinajstić information content (AvgIpc) is 2.15. The van der Waals surface area contributed by atoms with E-state index in [2.05, 4.69) is 0 Å². The molecule has 0 aliphatic carbocycles. The highest BCUT2D eigenvalue weighted by Crippen LogP contribution is 2.19. The third kappa shape index (κ3) is 1.84. The van der Waals surface area contributed by atoms with Gasteiger partial charge in [0.2, 0.25) is 0 Å². The Morgan fingerprint density at radius 3 is 2.57 bits per heavy atom. The molecule has 0 fully saturated rings. The first-order valence-corrected chi connectivity index (χ1v) is 3.98. The summed E-state index contributed by atoms with van der Waals surface area (Å²) in [4.78, 5) is 22.0. The monoisotopic (exact) mass is 214 g/mol. The largest absolute Gasteiger partial charge is 0.366 e. The van der Waals surface area contributed by atoms with Crippen LogP contribution in [-0.4, -0.2) is 17.0 Å². The standard InChI is InChI=1S/C8H7ClN2O3/c9-5-3-1-2-4(8(13)11-14)6(5)7(10)12/h1-3,14H,(H2,10,12)(H,11,13). The number of carbonyl (C=O) groups excluding carboxylic acids is 2. The topological polar surface area (TPSA) is 92.4 Å². The van der Waals surface area contributed by atoms with Gasteiger partial charge in [0.15, 0.2) is 0 Å². The Labute approximate surface area is 84.4 Å². The van der Waals surface area contributed by atoms with E-state index in [1.54, 1.807) is 0 Å². The van der Waals surface area contributed by atoms with Crippen molar-refractivity contribution in [2.75, 3.05) is 0 Å². The number of amides is 2. The van der Waals surface area contributed by atoms with Crippen LogP contribution in [0.5, 0.6) is 0 Å². The summed E-state index contributed by atoms with van der Waals surface area (Å²) in [7, 11) is 0. The molecule has 14 heavy (non-hydrogen) atoms. The van der Waals surface area contributed by atoms with Crippen LogP contribution in [0.1, 0.15) is 20.7 Å². The molecule has 0 aliphatic heterocycles. The molecule has 0 aromatic heterocycles. The maximum atomic E-state index is 11.1. The molecule has 5 nitrogen and oxygen atoms in total. The zero-order chi connectivity index (χ0) is 10.7. The van der Waals surface area contributed by atoms with Crippen LogP contribution in [0.4, 0.5) is 0 Å². The van der Waals surface area contributed by atoms with E-state index in [9.17, 15) is 9.59 Å². The number of halogens is 1. The highest BCUT2D eigenvalue weighted by Gasteiger charge is 2.17. The lowest BCUT2D eigenvalue weighted by atomic mass is 10.1. The Morgan fingerprint density at radius 1 is 1.43 bits per heavy atom. The number of hydroxylamine groups is 1. The lowest BCUT2D eigenvalue weighted by molar-refractivity contribution is 0.0702. The molecular weight excluding hydrogens is 208 g/mol. The van der Waals surface area contributed by atoms with Gasteiger partial charge in [-0.05, 0) is 12.1 Å². The van der Waals surface area contributed by atoms with Gasteiger partial charge in [-0.15, -0.1) is 0 Å². The number of hydrogen-bond acceptors (Lipinski definition) is 3. The minimum Gasteiger partial charge on any atom is -0.366 e. The predicted molar refractivity (Wildman–Crippen MR) is 49.2 cm³/mol. The summed E-state index contributed by atoms with van der Waals surface area (Å²) in [5, 5.41) is 8.46. The van der Waals surface area contributed by atoms with Gasteiger partial charge in [-0.2, -0.15) is 0 Å². The van der Waals surface area contributed by atoms with Crippen molar-refractivity contribution in [3.05, 3.63) is 34.3 Å². The fraction of sp³-hybridized carbons (Fsp3) is 0. The summed E-state index contributed by atoms with van der Waals surface area (Å²) < 4.78 is 0. The number of carbonyl (C=O) groups is 2.